The molecule has 2 N–H and O–H groups in total. The fourth-order valence-corrected chi connectivity index (χ4v) is 1.78. The highest BCUT2D eigenvalue weighted by atomic mass is 35.5. The molecule has 2 aromatic rings. The summed E-state index contributed by atoms with van der Waals surface area (Å²) in [5.74, 6) is 0.688. The van der Waals surface area contributed by atoms with Crippen LogP contribution in [0, 0.1) is 0 Å². The second-order valence-electron chi connectivity index (χ2n) is 3.74. The fraction of sp³-hybridized carbons (Fsp3) is 0.333. The van der Waals surface area contributed by atoms with Crippen LogP contribution in [0.4, 0.5) is 0 Å². The lowest BCUT2D eigenvalue weighted by Gasteiger charge is -2.09. The van der Waals surface area contributed by atoms with Gasteiger partial charge in [-0.15, -0.1) is 0 Å². The number of benzene rings is 2. The average Bonchev–Trinajstić information content (AvgIpc) is 2.58. The molecule has 0 atom stereocenters. The third kappa shape index (κ3) is 7.16. The standard InChI is InChI=1S/C14H14ClNO.2C2H6/c15-13-8-12(9-16)6-7-14(13)17-10-11-4-2-1-3-5-11;2*1-2/h1-8H,9-10,16H2;2*1-2H3. The Balaban J connectivity index is 0.000000921. The highest BCUT2D eigenvalue weighted by molar-refractivity contribution is 6.32. The Morgan fingerprint density at radius 3 is 2.05 bits per heavy atom. The molecule has 21 heavy (non-hydrogen) atoms. The van der Waals surface area contributed by atoms with E-state index in [2.05, 4.69) is 0 Å². The number of hydrogen-bond acceptors (Lipinski definition) is 2. The molecule has 2 nitrogen and oxygen atoms in total. The van der Waals surface area contributed by atoms with E-state index in [4.69, 9.17) is 22.1 Å². The zero-order chi connectivity index (χ0) is 16.1. The summed E-state index contributed by atoms with van der Waals surface area (Å²) in [6.45, 7) is 9.00. The van der Waals surface area contributed by atoms with Gasteiger partial charge in [0.05, 0.1) is 5.02 Å². The van der Waals surface area contributed by atoms with Crippen LogP contribution in [0.5, 0.6) is 5.75 Å². The lowest BCUT2D eigenvalue weighted by molar-refractivity contribution is 0.306. The maximum absolute atomic E-state index is 6.09. The van der Waals surface area contributed by atoms with Gasteiger partial charge in [-0.05, 0) is 23.3 Å². The predicted molar refractivity (Wildman–Crippen MR) is 92.8 cm³/mol. The first kappa shape index (κ1) is 19.5. The van der Waals surface area contributed by atoms with Crippen LogP contribution in [0.3, 0.4) is 0 Å². The van der Waals surface area contributed by atoms with Crippen molar-refractivity contribution in [3.05, 3.63) is 64.7 Å². The molecule has 0 unspecified atom stereocenters. The van der Waals surface area contributed by atoms with Gasteiger partial charge in [-0.1, -0.05) is 75.7 Å². The van der Waals surface area contributed by atoms with Crippen molar-refractivity contribution in [3.8, 4) is 5.75 Å². The molecule has 0 aliphatic carbocycles. The fourth-order valence-electron chi connectivity index (χ4n) is 1.52. The number of nitrogens with two attached hydrogens (primary N) is 1. The number of ether oxygens (including phenoxy) is 1. The van der Waals surface area contributed by atoms with E-state index in [9.17, 15) is 0 Å². The Hall–Kier alpha value is -1.51. The Bertz CT molecular complexity index is 486. The summed E-state index contributed by atoms with van der Waals surface area (Å²) in [7, 11) is 0. The maximum atomic E-state index is 6.09. The Morgan fingerprint density at radius 2 is 1.52 bits per heavy atom. The van der Waals surface area contributed by atoms with Crippen molar-refractivity contribution >= 4 is 11.6 Å². The largest absolute Gasteiger partial charge is 0.487 e. The van der Waals surface area contributed by atoms with Gasteiger partial charge >= 0.3 is 0 Å². The summed E-state index contributed by atoms with van der Waals surface area (Å²) in [5, 5.41) is 0.601. The van der Waals surface area contributed by atoms with Gasteiger partial charge in [0.25, 0.3) is 0 Å². The van der Waals surface area contributed by atoms with Crippen LogP contribution in [0.2, 0.25) is 5.02 Å². The van der Waals surface area contributed by atoms with Gasteiger partial charge in [0.2, 0.25) is 0 Å². The highest BCUT2D eigenvalue weighted by Crippen LogP contribution is 2.26. The summed E-state index contributed by atoms with van der Waals surface area (Å²) in [4.78, 5) is 0. The molecule has 2 rings (SSSR count). The molecule has 0 saturated carbocycles. The van der Waals surface area contributed by atoms with Crippen LogP contribution < -0.4 is 10.5 Å². The van der Waals surface area contributed by atoms with E-state index in [-0.39, 0.29) is 0 Å². The third-order valence-corrected chi connectivity index (χ3v) is 2.76. The van der Waals surface area contributed by atoms with Crippen LogP contribution >= 0.6 is 11.6 Å². The van der Waals surface area contributed by atoms with Crippen LogP contribution in [0.15, 0.2) is 48.5 Å². The summed E-state index contributed by atoms with van der Waals surface area (Å²) in [5.41, 5.74) is 7.65. The molecule has 0 heterocycles. The molecule has 2 aromatic carbocycles. The van der Waals surface area contributed by atoms with Gasteiger partial charge in [0, 0.05) is 6.54 Å². The van der Waals surface area contributed by atoms with E-state index in [1.165, 1.54) is 0 Å². The third-order valence-electron chi connectivity index (χ3n) is 2.47. The molecule has 0 aliphatic heterocycles. The molecule has 0 aliphatic rings. The van der Waals surface area contributed by atoms with Crippen molar-refractivity contribution in [2.75, 3.05) is 0 Å². The van der Waals surface area contributed by atoms with Crippen molar-refractivity contribution in [1.29, 1.82) is 0 Å². The topological polar surface area (TPSA) is 35.2 Å². The predicted octanol–water partition coefficient (Wildman–Crippen LogP) is 5.43. The van der Waals surface area contributed by atoms with Gasteiger partial charge in [0.1, 0.15) is 12.4 Å². The van der Waals surface area contributed by atoms with Crippen LogP contribution in [0.1, 0.15) is 38.8 Å². The molecule has 0 aromatic heterocycles. The van der Waals surface area contributed by atoms with E-state index in [1.54, 1.807) is 0 Å². The normalized spacial score (nSPS) is 8.86. The molecular formula is C18H26ClNO. The summed E-state index contributed by atoms with van der Waals surface area (Å²) < 4.78 is 5.65. The van der Waals surface area contributed by atoms with E-state index in [0.717, 1.165) is 11.1 Å². The first-order chi connectivity index (χ1) is 10.3. The first-order valence-electron chi connectivity index (χ1n) is 7.45. The van der Waals surface area contributed by atoms with Gasteiger partial charge in [-0.25, -0.2) is 0 Å². The van der Waals surface area contributed by atoms with E-state index in [1.807, 2.05) is 76.2 Å². The Kier molecular flexibility index (Phi) is 11.4. The minimum Gasteiger partial charge on any atom is -0.487 e. The maximum Gasteiger partial charge on any atom is 0.138 e. The van der Waals surface area contributed by atoms with Crippen LogP contribution in [-0.2, 0) is 13.2 Å². The summed E-state index contributed by atoms with van der Waals surface area (Å²) in [6.07, 6.45) is 0. The smallest absolute Gasteiger partial charge is 0.138 e. The van der Waals surface area contributed by atoms with Crippen LogP contribution in [-0.4, -0.2) is 0 Å². The zero-order valence-corrected chi connectivity index (χ0v) is 14.2. The van der Waals surface area contributed by atoms with Crippen molar-refractivity contribution in [2.24, 2.45) is 5.73 Å². The molecule has 0 spiro atoms. The van der Waals surface area contributed by atoms with E-state index in [0.29, 0.717) is 23.9 Å². The van der Waals surface area contributed by atoms with Gasteiger partial charge in [-0.2, -0.15) is 0 Å². The molecule has 0 saturated heterocycles. The minimum absolute atomic E-state index is 0.485. The average molecular weight is 308 g/mol. The van der Waals surface area contributed by atoms with Crippen molar-refractivity contribution < 1.29 is 4.74 Å². The SMILES string of the molecule is CC.CC.NCc1ccc(OCc2ccccc2)c(Cl)c1. The summed E-state index contributed by atoms with van der Waals surface area (Å²) in [6, 6.07) is 15.6. The molecule has 0 radical (unpaired) electrons. The highest BCUT2D eigenvalue weighted by Gasteiger charge is 2.02. The van der Waals surface area contributed by atoms with E-state index >= 15 is 0 Å². The molecule has 3 heteroatoms. The van der Waals surface area contributed by atoms with Crippen molar-refractivity contribution in [1.82, 2.24) is 0 Å². The lowest BCUT2D eigenvalue weighted by Crippen LogP contribution is -1.98. The monoisotopic (exact) mass is 307 g/mol. The minimum atomic E-state index is 0.485. The van der Waals surface area contributed by atoms with Crippen LogP contribution in [0.25, 0.3) is 0 Å². The molecular weight excluding hydrogens is 282 g/mol. The van der Waals surface area contributed by atoms with Crippen molar-refractivity contribution in [2.45, 2.75) is 40.8 Å². The second kappa shape index (κ2) is 12.2. The van der Waals surface area contributed by atoms with Gasteiger partial charge < -0.3 is 10.5 Å². The quantitative estimate of drug-likeness (QED) is 0.817. The zero-order valence-electron chi connectivity index (χ0n) is 13.4. The molecule has 0 fully saturated rings. The number of halogens is 1. The first-order valence-corrected chi connectivity index (χ1v) is 7.82. The molecule has 0 bridgehead atoms. The number of hydrogen-bond donors (Lipinski definition) is 1. The molecule has 116 valence electrons. The van der Waals surface area contributed by atoms with Crippen molar-refractivity contribution in [3.63, 3.8) is 0 Å². The Morgan fingerprint density at radius 1 is 0.905 bits per heavy atom. The number of rotatable bonds is 4. The second-order valence-corrected chi connectivity index (χ2v) is 4.15. The van der Waals surface area contributed by atoms with Gasteiger partial charge in [0.15, 0.2) is 0 Å². The van der Waals surface area contributed by atoms with E-state index < -0.39 is 0 Å². The lowest BCUT2D eigenvalue weighted by atomic mass is 10.2. The Labute approximate surface area is 133 Å². The van der Waals surface area contributed by atoms with Gasteiger partial charge in [-0.3, -0.25) is 0 Å². The summed E-state index contributed by atoms with van der Waals surface area (Å²) >= 11 is 6.09. The molecule has 0 amide bonds.